The van der Waals surface area contributed by atoms with E-state index in [1.54, 1.807) is 10.9 Å². The third-order valence-corrected chi connectivity index (χ3v) is 4.10. The van der Waals surface area contributed by atoms with E-state index >= 15 is 0 Å². The van der Waals surface area contributed by atoms with Crippen LogP contribution in [0.25, 0.3) is 11.2 Å². The van der Waals surface area contributed by atoms with Crippen LogP contribution in [0.3, 0.4) is 0 Å². The van der Waals surface area contributed by atoms with E-state index in [4.69, 9.17) is 14.2 Å². The van der Waals surface area contributed by atoms with Crippen molar-refractivity contribution in [2.75, 3.05) is 6.61 Å². The van der Waals surface area contributed by atoms with E-state index in [1.165, 1.54) is 20.2 Å². The summed E-state index contributed by atoms with van der Waals surface area (Å²) in [4.78, 5) is 34.9. The van der Waals surface area contributed by atoms with Crippen LogP contribution in [-0.2, 0) is 23.8 Å². The van der Waals surface area contributed by atoms with Crippen LogP contribution in [0.2, 0.25) is 0 Å². The highest BCUT2D eigenvalue weighted by Gasteiger charge is 2.40. The molecule has 0 saturated carbocycles. The number of ether oxygens (including phenoxy) is 3. The van der Waals surface area contributed by atoms with Gasteiger partial charge in [0.1, 0.15) is 29.2 Å². The number of aromatic nitrogens is 4. The largest absolute Gasteiger partial charge is 0.463 e. The smallest absolute Gasteiger partial charge is 0.303 e. The van der Waals surface area contributed by atoms with Crippen LogP contribution in [0.1, 0.15) is 26.5 Å². The molecule has 1 aliphatic heterocycles. The minimum atomic E-state index is -0.610. The summed E-state index contributed by atoms with van der Waals surface area (Å²) in [5.74, 6) is -0.808. The normalized spacial score (nSPS) is 23.4. The Morgan fingerprint density at radius 2 is 2.12 bits per heavy atom. The van der Waals surface area contributed by atoms with Crippen LogP contribution in [0.4, 0.5) is 0 Å². The summed E-state index contributed by atoms with van der Waals surface area (Å²) in [5.41, 5.74) is 1.12. The summed E-state index contributed by atoms with van der Waals surface area (Å²) >= 11 is 3.32. The number of hydrogen-bond donors (Lipinski definition) is 0. The van der Waals surface area contributed by atoms with E-state index in [0.29, 0.717) is 22.2 Å². The van der Waals surface area contributed by atoms with Crippen LogP contribution < -0.4 is 0 Å². The molecular formula is C14H15BrN4O5. The summed E-state index contributed by atoms with van der Waals surface area (Å²) in [6.45, 7) is 2.75. The molecule has 0 aliphatic carbocycles. The molecular weight excluding hydrogens is 384 g/mol. The number of rotatable bonds is 4. The fourth-order valence-electron chi connectivity index (χ4n) is 2.61. The maximum absolute atomic E-state index is 11.4. The van der Waals surface area contributed by atoms with Gasteiger partial charge < -0.3 is 14.2 Å². The highest BCUT2D eigenvalue weighted by Crippen LogP contribution is 2.34. The van der Waals surface area contributed by atoms with Crippen molar-refractivity contribution >= 4 is 39.0 Å². The molecule has 0 N–H and O–H groups in total. The molecule has 128 valence electrons. The first-order valence-corrected chi connectivity index (χ1v) is 8.04. The zero-order chi connectivity index (χ0) is 17.3. The van der Waals surface area contributed by atoms with Gasteiger partial charge in [-0.2, -0.15) is 0 Å². The first kappa shape index (κ1) is 16.8. The van der Waals surface area contributed by atoms with Gasteiger partial charge in [-0.05, 0) is 15.9 Å². The Labute approximate surface area is 145 Å². The van der Waals surface area contributed by atoms with Crippen molar-refractivity contribution < 1.29 is 23.8 Å². The summed E-state index contributed by atoms with van der Waals surface area (Å²) in [6.07, 6.45) is 1.83. The molecule has 3 atom stereocenters. The van der Waals surface area contributed by atoms with Crippen LogP contribution >= 0.6 is 15.9 Å². The molecule has 1 aliphatic rings. The van der Waals surface area contributed by atoms with Crippen molar-refractivity contribution in [3.63, 3.8) is 0 Å². The van der Waals surface area contributed by atoms with Crippen molar-refractivity contribution in [3.8, 4) is 0 Å². The maximum atomic E-state index is 11.4. The second-order valence-electron chi connectivity index (χ2n) is 5.32. The third-order valence-electron chi connectivity index (χ3n) is 3.52. The Kier molecular flexibility index (Phi) is 4.76. The number of esters is 2. The molecule has 9 nitrogen and oxygen atoms in total. The van der Waals surface area contributed by atoms with Gasteiger partial charge in [0, 0.05) is 20.3 Å². The number of carbonyl (C=O) groups excluding carboxylic acids is 2. The molecule has 10 heteroatoms. The lowest BCUT2D eigenvalue weighted by atomic mass is 10.2. The molecule has 0 aromatic carbocycles. The Hall–Kier alpha value is -2.07. The number of halogens is 1. The van der Waals surface area contributed by atoms with Gasteiger partial charge in [-0.1, -0.05) is 0 Å². The van der Waals surface area contributed by atoms with Gasteiger partial charge >= 0.3 is 11.9 Å². The molecule has 2 aromatic heterocycles. The molecule has 1 saturated heterocycles. The molecule has 0 amide bonds. The van der Waals surface area contributed by atoms with Crippen molar-refractivity contribution in [2.24, 2.45) is 0 Å². The van der Waals surface area contributed by atoms with E-state index in [0.717, 1.165) is 0 Å². The van der Waals surface area contributed by atoms with E-state index in [9.17, 15) is 9.59 Å². The first-order valence-electron chi connectivity index (χ1n) is 7.24. The zero-order valence-corrected chi connectivity index (χ0v) is 14.6. The number of fused-ring (bicyclic) bond motifs is 1. The van der Waals surface area contributed by atoms with Gasteiger partial charge in [0.25, 0.3) is 0 Å². The minimum absolute atomic E-state index is 0.0922. The zero-order valence-electron chi connectivity index (χ0n) is 13.0. The lowest BCUT2D eigenvalue weighted by Crippen LogP contribution is -2.24. The topological polar surface area (TPSA) is 105 Å². The predicted molar refractivity (Wildman–Crippen MR) is 83.7 cm³/mol. The highest BCUT2D eigenvalue weighted by molar-refractivity contribution is 9.10. The Morgan fingerprint density at radius 1 is 1.33 bits per heavy atom. The van der Waals surface area contributed by atoms with Gasteiger partial charge in [0.15, 0.2) is 11.9 Å². The van der Waals surface area contributed by atoms with Gasteiger partial charge in [0.05, 0.1) is 12.4 Å². The molecule has 2 aromatic rings. The van der Waals surface area contributed by atoms with Crippen molar-refractivity contribution in [1.29, 1.82) is 0 Å². The third kappa shape index (κ3) is 3.39. The Balaban J connectivity index is 1.88. The van der Waals surface area contributed by atoms with Crippen molar-refractivity contribution in [2.45, 2.75) is 38.7 Å². The number of carbonyl (C=O) groups is 2. The lowest BCUT2D eigenvalue weighted by molar-refractivity contribution is -0.152. The van der Waals surface area contributed by atoms with Crippen LogP contribution in [0, 0.1) is 0 Å². The van der Waals surface area contributed by atoms with E-state index in [1.807, 2.05) is 0 Å². The second-order valence-corrected chi connectivity index (χ2v) is 6.07. The molecule has 1 fully saturated rings. The second kappa shape index (κ2) is 6.81. The number of imidazole rings is 1. The summed E-state index contributed by atoms with van der Waals surface area (Å²) in [7, 11) is 0. The van der Waals surface area contributed by atoms with Crippen molar-refractivity contribution in [1.82, 2.24) is 19.5 Å². The Morgan fingerprint density at radius 3 is 2.83 bits per heavy atom. The van der Waals surface area contributed by atoms with Crippen LogP contribution in [-0.4, -0.2) is 50.3 Å². The summed E-state index contributed by atoms with van der Waals surface area (Å²) in [5, 5.41) is 0. The van der Waals surface area contributed by atoms with Gasteiger partial charge in [-0.25, -0.2) is 15.0 Å². The standard InChI is InChI=1S/C14H15BrN4O5/c1-7(20)22-4-9-3-10(23-8(2)21)14(24-9)19-6-18-11-12(15)16-5-17-13(11)19/h5-6,9-10,14H,3-4H2,1-2H3/t9-,10+,14+/m0/s1. The fraction of sp³-hybridized carbons (Fsp3) is 0.500. The average Bonchev–Trinajstić information content (AvgIpc) is 3.09. The molecule has 3 heterocycles. The van der Waals surface area contributed by atoms with Crippen LogP contribution in [0.15, 0.2) is 17.3 Å². The summed E-state index contributed by atoms with van der Waals surface area (Å²) in [6, 6.07) is 0. The number of nitrogens with zero attached hydrogens (tertiary/aromatic N) is 4. The van der Waals surface area contributed by atoms with Crippen molar-refractivity contribution in [3.05, 3.63) is 17.3 Å². The molecule has 0 bridgehead atoms. The molecule has 0 spiro atoms. The molecule has 0 unspecified atom stereocenters. The fourth-order valence-corrected chi connectivity index (χ4v) is 2.98. The quantitative estimate of drug-likeness (QED) is 0.561. The monoisotopic (exact) mass is 398 g/mol. The van der Waals surface area contributed by atoms with E-state index in [-0.39, 0.29) is 12.7 Å². The summed E-state index contributed by atoms with van der Waals surface area (Å²) < 4.78 is 18.5. The molecule has 24 heavy (non-hydrogen) atoms. The SMILES string of the molecule is CC(=O)OC[C@@H]1C[C@@H](OC(C)=O)[C@H](n2cnc3c(Br)ncnc32)O1. The van der Waals surface area contributed by atoms with Gasteiger partial charge in [-0.15, -0.1) is 0 Å². The maximum Gasteiger partial charge on any atom is 0.303 e. The lowest BCUT2D eigenvalue weighted by Gasteiger charge is -2.19. The Bertz CT molecular complexity index is 780. The van der Waals surface area contributed by atoms with Crippen LogP contribution in [0.5, 0.6) is 0 Å². The van der Waals surface area contributed by atoms with E-state index < -0.39 is 24.3 Å². The van der Waals surface area contributed by atoms with E-state index in [2.05, 4.69) is 30.9 Å². The predicted octanol–water partition coefficient (Wildman–Crippen LogP) is 1.37. The minimum Gasteiger partial charge on any atom is -0.463 e. The highest BCUT2D eigenvalue weighted by atomic mass is 79.9. The average molecular weight is 399 g/mol. The molecule has 3 rings (SSSR count). The van der Waals surface area contributed by atoms with Gasteiger partial charge in [0.2, 0.25) is 0 Å². The molecule has 0 radical (unpaired) electrons. The first-order chi connectivity index (χ1) is 11.5. The van der Waals surface area contributed by atoms with Gasteiger partial charge in [-0.3, -0.25) is 14.2 Å². The number of hydrogen-bond acceptors (Lipinski definition) is 8.